The van der Waals surface area contributed by atoms with Crippen LogP contribution in [-0.4, -0.2) is 28.2 Å². The number of ether oxygens (including phenoxy) is 1. The van der Waals surface area contributed by atoms with Crippen molar-refractivity contribution >= 4 is 12.2 Å². The van der Waals surface area contributed by atoms with Gasteiger partial charge in [-0.05, 0) is 12.1 Å². The third-order valence-electron chi connectivity index (χ3n) is 2.08. The second-order valence-electron chi connectivity index (χ2n) is 3.17. The highest BCUT2D eigenvalue weighted by molar-refractivity contribution is 5.83. The third-order valence-corrected chi connectivity index (χ3v) is 2.08. The van der Waals surface area contributed by atoms with Crippen molar-refractivity contribution < 1.29 is 4.74 Å². The fourth-order valence-corrected chi connectivity index (χ4v) is 1.26. The number of aromatic nitrogens is 3. The SMILES string of the molecule is COc1ccccc1/C=N/Nc1nncn1N. The summed E-state index contributed by atoms with van der Waals surface area (Å²) in [6.45, 7) is 0. The number of nitrogen functional groups attached to an aromatic ring is 1. The molecule has 0 aliphatic rings. The smallest absolute Gasteiger partial charge is 0.263 e. The second kappa shape index (κ2) is 4.97. The lowest BCUT2D eigenvalue weighted by atomic mass is 10.2. The first-order valence-corrected chi connectivity index (χ1v) is 4.88. The van der Waals surface area contributed by atoms with Crippen LogP contribution in [-0.2, 0) is 0 Å². The predicted octanol–water partition coefficient (Wildman–Crippen LogP) is 0.446. The van der Waals surface area contributed by atoms with Crippen LogP contribution in [0.15, 0.2) is 35.7 Å². The highest BCUT2D eigenvalue weighted by Crippen LogP contribution is 2.14. The Bertz CT molecular complexity index is 521. The van der Waals surface area contributed by atoms with Crippen LogP contribution >= 0.6 is 0 Å². The molecule has 7 nitrogen and oxygen atoms in total. The summed E-state index contributed by atoms with van der Waals surface area (Å²) < 4.78 is 6.42. The number of benzene rings is 1. The van der Waals surface area contributed by atoms with E-state index in [1.165, 1.54) is 11.0 Å². The number of hydrogen-bond acceptors (Lipinski definition) is 6. The van der Waals surface area contributed by atoms with E-state index in [9.17, 15) is 0 Å². The summed E-state index contributed by atoms with van der Waals surface area (Å²) in [5.41, 5.74) is 3.52. The molecule has 0 bridgehead atoms. The number of rotatable bonds is 4. The van der Waals surface area contributed by atoms with E-state index >= 15 is 0 Å². The molecule has 0 fully saturated rings. The zero-order chi connectivity index (χ0) is 12.1. The first-order valence-electron chi connectivity index (χ1n) is 4.88. The van der Waals surface area contributed by atoms with Gasteiger partial charge in [0.2, 0.25) is 0 Å². The fraction of sp³-hybridized carbons (Fsp3) is 0.100. The lowest BCUT2D eigenvalue weighted by Crippen LogP contribution is -2.10. The monoisotopic (exact) mass is 232 g/mol. The maximum Gasteiger partial charge on any atom is 0.263 e. The molecule has 88 valence electrons. The van der Waals surface area contributed by atoms with Crippen LogP contribution in [0.1, 0.15) is 5.56 Å². The highest BCUT2D eigenvalue weighted by atomic mass is 16.5. The number of para-hydroxylation sites is 1. The minimum Gasteiger partial charge on any atom is -0.496 e. The van der Waals surface area contributed by atoms with Crippen molar-refractivity contribution in [2.24, 2.45) is 5.10 Å². The van der Waals surface area contributed by atoms with E-state index in [1.807, 2.05) is 24.3 Å². The van der Waals surface area contributed by atoms with E-state index in [-0.39, 0.29) is 0 Å². The first kappa shape index (κ1) is 10.9. The fourth-order valence-electron chi connectivity index (χ4n) is 1.26. The van der Waals surface area contributed by atoms with Gasteiger partial charge < -0.3 is 10.6 Å². The number of nitrogens with one attached hydrogen (secondary N) is 1. The quantitative estimate of drug-likeness (QED) is 0.453. The molecule has 0 saturated carbocycles. The van der Waals surface area contributed by atoms with Crippen molar-refractivity contribution in [3.05, 3.63) is 36.2 Å². The Balaban J connectivity index is 2.08. The molecule has 0 aliphatic carbocycles. The first-order chi connectivity index (χ1) is 8.31. The molecule has 2 aromatic rings. The summed E-state index contributed by atoms with van der Waals surface area (Å²) in [4.78, 5) is 0. The van der Waals surface area contributed by atoms with Gasteiger partial charge in [0.05, 0.1) is 13.3 Å². The molecule has 1 heterocycles. The van der Waals surface area contributed by atoms with Crippen LogP contribution < -0.4 is 16.0 Å². The highest BCUT2D eigenvalue weighted by Gasteiger charge is 1.99. The largest absolute Gasteiger partial charge is 0.496 e. The normalized spacial score (nSPS) is 10.6. The summed E-state index contributed by atoms with van der Waals surface area (Å²) >= 11 is 0. The van der Waals surface area contributed by atoms with Crippen LogP contribution in [0.4, 0.5) is 5.95 Å². The Morgan fingerprint density at radius 1 is 1.47 bits per heavy atom. The molecule has 0 spiro atoms. The maximum absolute atomic E-state index is 5.51. The summed E-state index contributed by atoms with van der Waals surface area (Å²) in [5, 5.41) is 11.3. The molecule has 0 amide bonds. The van der Waals surface area contributed by atoms with E-state index in [0.29, 0.717) is 5.95 Å². The van der Waals surface area contributed by atoms with Crippen molar-refractivity contribution in [2.75, 3.05) is 18.4 Å². The summed E-state index contributed by atoms with van der Waals surface area (Å²) in [6.07, 6.45) is 2.99. The molecule has 0 saturated heterocycles. The van der Waals surface area contributed by atoms with Gasteiger partial charge in [-0.1, -0.05) is 12.1 Å². The summed E-state index contributed by atoms with van der Waals surface area (Å²) in [6, 6.07) is 7.53. The van der Waals surface area contributed by atoms with E-state index in [1.54, 1.807) is 13.3 Å². The zero-order valence-corrected chi connectivity index (χ0v) is 9.24. The van der Waals surface area contributed by atoms with Crippen molar-refractivity contribution in [1.29, 1.82) is 0 Å². The average molecular weight is 232 g/mol. The topological polar surface area (TPSA) is 90.3 Å². The molecule has 1 aromatic heterocycles. The van der Waals surface area contributed by atoms with Crippen LogP contribution in [0, 0.1) is 0 Å². The van der Waals surface area contributed by atoms with Gasteiger partial charge in [0.15, 0.2) is 0 Å². The van der Waals surface area contributed by atoms with Gasteiger partial charge in [-0.3, -0.25) is 0 Å². The molecule has 0 aliphatic heterocycles. The van der Waals surface area contributed by atoms with Gasteiger partial charge in [0.25, 0.3) is 5.95 Å². The van der Waals surface area contributed by atoms with Gasteiger partial charge in [-0.15, -0.1) is 10.2 Å². The molecule has 0 unspecified atom stereocenters. The number of hydrazone groups is 1. The third kappa shape index (κ3) is 2.51. The Morgan fingerprint density at radius 2 is 2.29 bits per heavy atom. The van der Waals surface area contributed by atoms with Crippen molar-refractivity contribution in [1.82, 2.24) is 14.9 Å². The molecule has 0 radical (unpaired) electrons. The zero-order valence-electron chi connectivity index (χ0n) is 9.24. The Labute approximate surface area is 97.9 Å². The molecule has 2 rings (SSSR count). The van der Waals surface area contributed by atoms with E-state index in [4.69, 9.17) is 10.6 Å². The van der Waals surface area contributed by atoms with Gasteiger partial charge in [0.1, 0.15) is 12.1 Å². The lowest BCUT2D eigenvalue weighted by molar-refractivity contribution is 0.414. The molecule has 1 aromatic carbocycles. The Morgan fingerprint density at radius 3 is 3.00 bits per heavy atom. The van der Waals surface area contributed by atoms with Crippen LogP contribution in [0.5, 0.6) is 5.75 Å². The molecular formula is C10H12N6O. The summed E-state index contributed by atoms with van der Waals surface area (Å²) in [5.74, 6) is 6.61. The minimum atomic E-state index is 0.358. The van der Waals surface area contributed by atoms with Crippen molar-refractivity contribution in [2.45, 2.75) is 0 Å². The van der Waals surface area contributed by atoms with Crippen molar-refractivity contribution in [3.8, 4) is 5.75 Å². The predicted molar refractivity (Wildman–Crippen MR) is 64.4 cm³/mol. The molecule has 0 atom stereocenters. The number of methoxy groups -OCH3 is 1. The lowest BCUT2D eigenvalue weighted by Gasteiger charge is -2.03. The average Bonchev–Trinajstić information content (AvgIpc) is 2.76. The molecule has 17 heavy (non-hydrogen) atoms. The van der Waals surface area contributed by atoms with Crippen LogP contribution in [0.25, 0.3) is 0 Å². The van der Waals surface area contributed by atoms with Gasteiger partial charge >= 0.3 is 0 Å². The Hall–Kier alpha value is -2.57. The van der Waals surface area contributed by atoms with Crippen molar-refractivity contribution in [3.63, 3.8) is 0 Å². The number of nitrogens with two attached hydrogens (primary N) is 1. The van der Waals surface area contributed by atoms with Crippen LogP contribution in [0.3, 0.4) is 0 Å². The maximum atomic E-state index is 5.51. The number of hydrogen-bond donors (Lipinski definition) is 2. The summed E-state index contributed by atoms with van der Waals surface area (Å²) in [7, 11) is 1.61. The minimum absolute atomic E-state index is 0.358. The van der Waals surface area contributed by atoms with E-state index < -0.39 is 0 Å². The number of anilines is 1. The standard InChI is InChI=1S/C10H12N6O/c1-17-9-5-3-2-4-8(9)6-12-14-10-15-13-7-16(10)11/h2-7H,11H2,1H3,(H,14,15)/b12-6+. The van der Waals surface area contributed by atoms with Crippen LogP contribution in [0.2, 0.25) is 0 Å². The molecular weight excluding hydrogens is 220 g/mol. The molecule has 7 heteroatoms. The number of nitrogens with zero attached hydrogens (tertiary/aromatic N) is 4. The Kier molecular flexibility index (Phi) is 3.20. The van der Waals surface area contributed by atoms with E-state index in [2.05, 4.69) is 20.7 Å². The van der Waals surface area contributed by atoms with Gasteiger partial charge in [-0.25, -0.2) is 10.1 Å². The van der Waals surface area contributed by atoms with E-state index in [0.717, 1.165) is 11.3 Å². The van der Waals surface area contributed by atoms with Gasteiger partial charge in [-0.2, -0.15) is 5.10 Å². The second-order valence-corrected chi connectivity index (χ2v) is 3.17. The van der Waals surface area contributed by atoms with Gasteiger partial charge in [0, 0.05) is 5.56 Å². The molecule has 3 N–H and O–H groups in total.